The van der Waals surface area contributed by atoms with E-state index in [1.807, 2.05) is 6.07 Å². The Morgan fingerprint density at radius 2 is 2.03 bits per heavy atom. The largest absolute Gasteiger partial charge is 0.369 e. The molecule has 1 aliphatic heterocycles. The number of fused-ring (bicyclic) bond motifs is 3. The molecule has 1 aliphatic rings. The maximum Gasteiger partial charge on any atom is 0.230 e. The Balaban J connectivity index is 1.47. The number of aromatic nitrogens is 2. The summed E-state index contributed by atoms with van der Waals surface area (Å²) in [4.78, 5) is 24.9. The van der Waals surface area contributed by atoms with Crippen molar-refractivity contribution >= 4 is 51.0 Å². The minimum Gasteiger partial charge on any atom is -0.369 e. The molecule has 2 aromatic heterocycles. The predicted octanol–water partition coefficient (Wildman–Crippen LogP) is 6.66. The molecule has 3 aromatic rings. The standard InChI is InChI=1S/C27H35N3O2S3/c1-5-14-33-26-29-24(23-20-15-27(4,6-2)32-16-21(20)35-25(23)30-26)34-17-22(31)28-18(3)12-13-19-10-8-7-9-11-19/h7-11,18H,5-6,12-17H2,1-4H3,(H,28,31)/t18-,27-/m1/s1. The molecule has 0 bridgehead atoms. The molecule has 35 heavy (non-hydrogen) atoms. The molecule has 0 saturated carbocycles. The van der Waals surface area contributed by atoms with Crippen LogP contribution < -0.4 is 5.32 Å². The molecule has 0 radical (unpaired) electrons. The fourth-order valence-corrected chi connectivity index (χ4v) is 7.01. The molecule has 5 nitrogen and oxygen atoms in total. The summed E-state index contributed by atoms with van der Waals surface area (Å²) in [6.07, 6.45) is 4.77. The number of carbonyl (C=O) groups is 1. The van der Waals surface area contributed by atoms with Crippen LogP contribution in [-0.2, 0) is 29.0 Å². The number of rotatable bonds is 11. The molecule has 0 unspecified atom stereocenters. The quantitative estimate of drug-likeness (QED) is 0.170. The number of hydrogen-bond acceptors (Lipinski definition) is 7. The van der Waals surface area contributed by atoms with E-state index in [1.54, 1.807) is 23.1 Å². The van der Waals surface area contributed by atoms with E-state index in [2.05, 4.69) is 57.3 Å². The van der Waals surface area contributed by atoms with Gasteiger partial charge in [-0.25, -0.2) is 9.97 Å². The van der Waals surface area contributed by atoms with Gasteiger partial charge in [0, 0.05) is 28.5 Å². The molecule has 1 amide bonds. The number of nitrogens with zero attached hydrogens (tertiary/aromatic N) is 2. The van der Waals surface area contributed by atoms with Gasteiger partial charge in [-0.3, -0.25) is 4.79 Å². The summed E-state index contributed by atoms with van der Waals surface area (Å²) in [5.41, 5.74) is 2.45. The molecule has 8 heteroatoms. The number of aryl methyl sites for hydroxylation is 1. The minimum atomic E-state index is -0.163. The Labute approximate surface area is 221 Å². The van der Waals surface area contributed by atoms with Gasteiger partial charge in [0.15, 0.2) is 5.16 Å². The zero-order valence-corrected chi connectivity index (χ0v) is 23.5. The van der Waals surface area contributed by atoms with E-state index >= 15 is 0 Å². The molecule has 4 rings (SSSR count). The third kappa shape index (κ3) is 6.79. The lowest BCUT2D eigenvalue weighted by atomic mass is 9.90. The summed E-state index contributed by atoms with van der Waals surface area (Å²) in [6.45, 7) is 9.23. The first-order valence-corrected chi connectivity index (χ1v) is 15.2. The predicted molar refractivity (Wildman–Crippen MR) is 149 cm³/mol. The van der Waals surface area contributed by atoms with Gasteiger partial charge in [0.25, 0.3) is 0 Å². The van der Waals surface area contributed by atoms with E-state index in [0.29, 0.717) is 12.4 Å². The van der Waals surface area contributed by atoms with Crippen molar-refractivity contribution in [2.75, 3.05) is 11.5 Å². The Kier molecular flexibility index (Phi) is 9.13. The van der Waals surface area contributed by atoms with Gasteiger partial charge in [-0.15, -0.1) is 11.3 Å². The van der Waals surface area contributed by atoms with Crippen molar-refractivity contribution in [1.82, 2.24) is 15.3 Å². The first kappa shape index (κ1) is 26.5. The third-order valence-electron chi connectivity index (χ3n) is 6.42. The van der Waals surface area contributed by atoms with E-state index in [1.165, 1.54) is 27.8 Å². The second kappa shape index (κ2) is 12.1. The van der Waals surface area contributed by atoms with Crippen LogP contribution >= 0.6 is 34.9 Å². The van der Waals surface area contributed by atoms with Crippen molar-refractivity contribution in [1.29, 1.82) is 0 Å². The molecule has 188 valence electrons. The third-order valence-corrected chi connectivity index (χ3v) is 9.55. The Morgan fingerprint density at radius 3 is 2.77 bits per heavy atom. The van der Waals surface area contributed by atoms with Crippen molar-refractivity contribution in [3.8, 4) is 0 Å². The number of carbonyl (C=O) groups excluding carboxylic acids is 1. The molecule has 1 N–H and O–H groups in total. The van der Waals surface area contributed by atoms with Crippen molar-refractivity contribution in [3.63, 3.8) is 0 Å². The molecule has 0 spiro atoms. The van der Waals surface area contributed by atoms with E-state index in [0.717, 1.165) is 58.3 Å². The van der Waals surface area contributed by atoms with Crippen LogP contribution in [0.3, 0.4) is 0 Å². The average Bonchev–Trinajstić information content (AvgIpc) is 3.22. The van der Waals surface area contributed by atoms with E-state index in [4.69, 9.17) is 14.7 Å². The van der Waals surface area contributed by atoms with Crippen molar-refractivity contribution < 1.29 is 9.53 Å². The highest BCUT2D eigenvalue weighted by Crippen LogP contribution is 2.43. The topological polar surface area (TPSA) is 64.1 Å². The minimum absolute atomic E-state index is 0.0518. The SMILES string of the molecule is CCCSc1nc(SCC(=O)N[C@H](C)CCc2ccccc2)c2c3c(sc2n1)CO[C@](C)(CC)C3. The second-order valence-corrected chi connectivity index (χ2v) is 12.5. The highest BCUT2D eigenvalue weighted by atomic mass is 32.2. The molecule has 2 atom stereocenters. The van der Waals surface area contributed by atoms with Crippen molar-refractivity contribution in [2.24, 2.45) is 0 Å². The van der Waals surface area contributed by atoms with Gasteiger partial charge >= 0.3 is 0 Å². The average molecular weight is 530 g/mol. The zero-order valence-electron chi connectivity index (χ0n) is 21.1. The summed E-state index contributed by atoms with van der Waals surface area (Å²) in [5.74, 6) is 1.39. The van der Waals surface area contributed by atoms with Crippen LogP contribution in [0.25, 0.3) is 10.2 Å². The number of nitrogens with one attached hydrogen (secondary N) is 1. The van der Waals surface area contributed by atoms with Crippen LogP contribution in [0.5, 0.6) is 0 Å². The van der Waals surface area contributed by atoms with Crippen LogP contribution in [0, 0.1) is 0 Å². The number of thioether (sulfide) groups is 2. The summed E-state index contributed by atoms with van der Waals surface area (Å²) < 4.78 is 6.19. The lowest BCUT2D eigenvalue weighted by Crippen LogP contribution is -2.34. The highest BCUT2D eigenvalue weighted by Gasteiger charge is 2.33. The van der Waals surface area contributed by atoms with E-state index in [9.17, 15) is 4.79 Å². The fraction of sp³-hybridized carbons (Fsp3) is 0.519. The summed E-state index contributed by atoms with van der Waals surface area (Å²) >= 11 is 4.94. The number of ether oxygens (including phenoxy) is 1. The monoisotopic (exact) mass is 529 g/mol. The maximum atomic E-state index is 12.8. The Hall–Kier alpha value is -1.61. The first-order chi connectivity index (χ1) is 16.9. The van der Waals surface area contributed by atoms with E-state index in [-0.39, 0.29) is 17.6 Å². The zero-order chi connectivity index (χ0) is 24.8. The lowest BCUT2D eigenvalue weighted by Gasteiger charge is -2.33. The number of hydrogen-bond donors (Lipinski definition) is 1. The number of amides is 1. The Morgan fingerprint density at radius 1 is 1.23 bits per heavy atom. The summed E-state index contributed by atoms with van der Waals surface area (Å²) in [5, 5.41) is 6.03. The van der Waals surface area contributed by atoms with Gasteiger partial charge in [-0.1, -0.05) is 67.7 Å². The van der Waals surface area contributed by atoms with Crippen LogP contribution in [-0.4, -0.2) is 39.0 Å². The normalized spacial score (nSPS) is 18.4. The molecular formula is C27H35N3O2S3. The summed E-state index contributed by atoms with van der Waals surface area (Å²) in [6, 6.07) is 10.5. The van der Waals surface area contributed by atoms with Gasteiger partial charge in [0.2, 0.25) is 5.91 Å². The van der Waals surface area contributed by atoms with Crippen LogP contribution in [0.4, 0.5) is 0 Å². The molecule has 3 heterocycles. The summed E-state index contributed by atoms with van der Waals surface area (Å²) in [7, 11) is 0. The first-order valence-electron chi connectivity index (χ1n) is 12.5. The van der Waals surface area contributed by atoms with E-state index < -0.39 is 0 Å². The van der Waals surface area contributed by atoms with Gasteiger partial charge in [-0.2, -0.15) is 0 Å². The van der Waals surface area contributed by atoms with Crippen molar-refractivity contribution in [2.45, 2.75) is 88.2 Å². The number of thiophene rings is 1. The van der Waals surface area contributed by atoms with Crippen LogP contribution in [0.15, 0.2) is 40.5 Å². The van der Waals surface area contributed by atoms with Gasteiger partial charge in [0.05, 0.1) is 18.0 Å². The molecule has 0 aliphatic carbocycles. The fourth-order valence-electron chi connectivity index (χ4n) is 4.16. The molecular weight excluding hydrogens is 495 g/mol. The maximum absolute atomic E-state index is 12.8. The van der Waals surface area contributed by atoms with Crippen LogP contribution in [0.1, 0.15) is 63.0 Å². The van der Waals surface area contributed by atoms with Gasteiger partial charge in [0.1, 0.15) is 9.86 Å². The molecule has 0 fully saturated rings. The molecule has 0 saturated heterocycles. The number of benzene rings is 1. The smallest absolute Gasteiger partial charge is 0.230 e. The highest BCUT2D eigenvalue weighted by molar-refractivity contribution is 8.00. The molecule has 1 aromatic carbocycles. The Bertz CT molecular complexity index is 1150. The second-order valence-electron chi connectivity index (χ2n) is 9.39. The van der Waals surface area contributed by atoms with Gasteiger partial charge in [-0.05, 0) is 50.7 Å². The lowest BCUT2D eigenvalue weighted by molar-refractivity contribution is -0.119. The van der Waals surface area contributed by atoms with Crippen molar-refractivity contribution in [3.05, 3.63) is 46.3 Å². The van der Waals surface area contributed by atoms with Crippen LogP contribution in [0.2, 0.25) is 0 Å². The van der Waals surface area contributed by atoms with Gasteiger partial charge < -0.3 is 10.1 Å².